The second kappa shape index (κ2) is 6.53. The number of hydrogen-bond acceptors (Lipinski definition) is 4. The molecule has 3 rings (SSSR count). The van der Waals surface area contributed by atoms with Gasteiger partial charge in [-0.05, 0) is 32.2 Å². The van der Waals surface area contributed by atoms with Crippen molar-refractivity contribution in [1.82, 2.24) is 15.5 Å². The van der Waals surface area contributed by atoms with Gasteiger partial charge in [0.1, 0.15) is 0 Å². The molecule has 1 unspecified atom stereocenters. The fraction of sp³-hybridized carbons (Fsp3) is 0.846. The molecule has 1 saturated heterocycles. The lowest BCUT2D eigenvalue weighted by molar-refractivity contribution is 0.293. The minimum absolute atomic E-state index is 0. The van der Waals surface area contributed by atoms with Crippen molar-refractivity contribution in [2.45, 2.75) is 63.3 Å². The predicted molar refractivity (Wildman–Crippen MR) is 72.0 cm³/mol. The van der Waals surface area contributed by atoms with Crippen LogP contribution < -0.4 is 5.32 Å². The summed E-state index contributed by atoms with van der Waals surface area (Å²) in [7, 11) is 0. The van der Waals surface area contributed by atoms with Gasteiger partial charge >= 0.3 is 0 Å². The number of aromatic nitrogens is 2. The van der Waals surface area contributed by atoms with E-state index in [0.29, 0.717) is 12.0 Å². The molecule has 1 aromatic rings. The van der Waals surface area contributed by atoms with Crippen LogP contribution in [-0.2, 0) is 0 Å². The van der Waals surface area contributed by atoms with Gasteiger partial charge in [0.2, 0.25) is 5.89 Å². The summed E-state index contributed by atoms with van der Waals surface area (Å²) >= 11 is 0. The van der Waals surface area contributed by atoms with E-state index in [1.807, 2.05) is 0 Å². The molecule has 1 aromatic heterocycles. The Morgan fingerprint density at radius 1 is 1.00 bits per heavy atom. The molecule has 0 bridgehead atoms. The average Bonchev–Trinajstić information content (AvgIpc) is 2.90. The van der Waals surface area contributed by atoms with Gasteiger partial charge in [-0.1, -0.05) is 30.8 Å². The molecule has 4 nitrogen and oxygen atoms in total. The minimum Gasteiger partial charge on any atom is -0.338 e. The Kier molecular flexibility index (Phi) is 5.01. The van der Waals surface area contributed by atoms with Gasteiger partial charge in [0.25, 0.3) is 0 Å². The highest BCUT2D eigenvalue weighted by atomic mass is 35.5. The summed E-state index contributed by atoms with van der Waals surface area (Å²) in [4.78, 5) is 4.62. The molecule has 2 fully saturated rings. The third kappa shape index (κ3) is 3.04. The van der Waals surface area contributed by atoms with Crippen LogP contribution in [0.15, 0.2) is 4.52 Å². The van der Waals surface area contributed by atoms with Crippen LogP contribution >= 0.6 is 12.4 Å². The summed E-state index contributed by atoms with van der Waals surface area (Å²) in [6, 6.07) is 0.300. The van der Waals surface area contributed by atoms with E-state index < -0.39 is 0 Å². The molecular formula is C13H22ClN3O. The molecule has 1 N–H and O–H groups in total. The number of nitrogens with zero attached hydrogens (tertiary/aromatic N) is 2. The predicted octanol–water partition coefficient (Wildman–Crippen LogP) is 3.35. The maximum Gasteiger partial charge on any atom is 0.243 e. The lowest BCUT2D eigenvalue weighted by Crippen LogP contribution is -2.27. The Morgan fingerprint density at radius 3 is 2.50 bits per heavy atom. The zero-order chi connectivity index (χ0) is 11.5. The van der Waals surface area contributed by atoms with Gasteiger partial charge in [0, 0.05) is 5.92 Å². The van der Waals surface area contributed by atoms with Gasteiger partial charge in [-0.15, -0.1) is 12.4 Å². The highest BCUT2D eigenvalue weighted by molar-refractivity contribution is 5.85. The van der Waals surface area contributed by atoms with E-state index in [0.717, 1.165) is 24.7 Å². The lowest BCUT2D eigenvalue weighted by atomic mass is 9.89. The Bertz CT molecular complexity index is 324. The van der Waals surface area contributed by atoms with Crippen molar-refractivity contribution < 1.29 is 4.52 Å². The van der Waals surface area contributed by atoms with E-state index >= 15 is 0 Å². The monoisotopic (exact) mass is 271 g/mol. The van der Waals surface area contributed by atoms with Crippen LogP contribution in [0, 0.1) is 0 Å². The van der Waals surface area contributed by atoms with Crippen LogP contribution in [0.25, 0.3) is 0 Å². The quantitative estimate of drug-likeness (QED) is 0.896. The normalized spacial score (nSPS) is 25.7. The van der Waals surface area contributed by atoms with E-state index in [1.54, 1.807) is 0 Å². The smallest absolute Gasteiger partial charge is 0.243 e. The Hall–Kier alpha value is -0.610. The van der Waals surface area contributed by atoms with E-state index in [1.165, 1.54) is 44.9 Å². The minimum atomic E-state index is 0. The Morgan fingerprint density at radius 2 is 1.78 bits per heavy atom. The van der Waals surface area contributed by atoms with Crippen LogP contribution in [0.3, 0.4) is 0 Å². The molecule has 0 radical (unpaired) electrons. The topological polar surface area (TPSA) is 51.0 Å². The molecule has 18 heavy (non-hydrogen) atoms. The van der Waals surface area contributed by atoms with E-state index in [2.05, 4.69) is 15.5 Å². The Labute approximate surface area is 114 Å². The second-order valence-electron chi connectivity index (χ2n) is 5.33. The van der Waals surface area contributed by atoms with Gasteiger partial charge in [0.05, 0.1) is 6.04 Å². The number of nitrogens with one attached hydrogen (secondary N) is 1. The van der Waals surface area contributed by atoms with Gasteiger partial charge in [0.15, 0.2) is 5.82 Å². The number of rotatable bonds is 2. The van der Waals surface area contributed by atoms with Crippen LogP contribution in [0.1, 0.15) is 75.0 Å². The fourth-order valence-electron chi connectivity index (χ4n) is 2.98. The molecule has 0 aromatic carbocycles. The number of piperidine rings is 1. The van der Waals surface area contributed by atoms with Crippen LogP contribution in [-0.4, -0.2) is 16.7 Å². The van der Waals surface area contributed by atoms with Crippen molar-refractivity contribution in [1.29, 1.82) is 0 Å². The molecule has 2 aliphatic rings. The summed E-state index contributed by atoms with van der Waals surface area (Å²) in [5, 5.41) is 7.64. The van der Waals surface area contributed by atoms with E-state index in [-0.39, 0.29) is 12.4 Å². The SMILES string of the molecule is C1CCC(c2noc(C3CCCCN3)n2)CC1.Cl. The first-order valence-electron chi connectivity index (χ1n) is 7.00. The summed E-state index contributed by atoms with van der Waals surface area (Å²) in [5.41, 5.74) is 0. The average molecular weight is 272 g/mol. The third-order valence-corrected chi connectivity index (χ3v) is 4.04. The second-order valence-corrected chi connectivity index (χ2v) is 5.33. The summed E-state index contributed by atoms with van der Waals surface area (Å²) in [6.45, 7) is 1.08. The summed E-state index contributed by atoms with van der Waals surface area (Å²) in [6.07, 6.45) is 10.1. The molecule has 102 valence electrons. The lowest BCUT2D eigenvalue weighted by Gasteiger charge is -2.20. The molecule has 2 heterocycles. The van der Waals surface area contributed by atoms with Gasteiger partial charge < -0.3 is 9.84 Å². The van der Waals surface area contributed by atoms with E-state index in [4.69, 9.17) is 4.52 Å². The molecule has 1 saturated carbocycles. The van der Waals surface area contributed by atoms with Crippen molar-refractivity contribution in [3.63, 3.8) is 0 Å². The van der Waals surface area contributed by atoms with Gasteiger partial charge in [-0.3, -0.25) is 0 Å². The highest BCUT2D eigenvalue weighted by Crippen LogP contribution is 2.32. The largest absolute Gasteiger partial charge is 0.338 e. The fourth-order valence-corrected chi connectivity index (χ4v) is 2.98. The van der Waals surface area contributed by atoms with Gasteiger partial charge in [-0.25, -0.2) is 0 Å². The number of hydrogen-bond donors (Lipinski definition) is 1. The molecule has 1 aliphatic carbocycles. The molecule has 1 aliphatic heterocycles. The highest BCUT2D eigenvalue weighted by Gasteiger charge is 2.25. The molecule has 5 heteroatoms. The summed E-state index contributed by atoms with van der Waals surface area (Å²) < 4.78 is 5.43. The maximum atomic E-state index is 5.43. The zero-order valence-electron chi connectivity index (χ0n) is 10.7. The van der Waals surface area contributed by atoms with Crippen LogP contribution in [0.2, 0.25) is 0 Å². The van der Waals surface area contributed by atoms with Crippen molar-refractivity contribution in [2.75, 3.05) is 6.54 Å². The van der Waals surface area contributed by atoms with Crippen molar-refractivity contribution >= 4 is 12.4 Å². The van der Waals surface area contributed by atoms with Crippen LogP contribution in [0.4, 0.5) is 0 Å². The van der Waals surface area contributed by atoms with Crippen molar-refractivity contribution in [2.24, 2.45) is 0 Å². The van der Waals surface area contributed by atoms with E-state index in [9.17, 15) is 0 Å². The van der Waals surface area contributed by atoms with Gasteiger partial charge in [-0.2, -0.15) is 4.98 Å². The first-order chi connectivity index (χ1) is 8.43. The molecular weight excluding hydrogens is 250 g/mol. The van der Waals surface area contributed by atoms with Crippen LogP contribution in [0.5, 0.6) is 0 Å². The standard InChI is InChI=1S/C13H21N3O.ClH/c1-2-6-10(7-3-1)12-15-13(17-16-12)11-8-4-5-9-14-11;/h10-11,14H,1-9H2;1H. The van der Waals surface area contributed by atoms with Crippen molar-refractivity contribution in [3.8, 4) is 0 Å². The number of halogens is 1. The molecule has 1 atom stereocenters. The third-order valence-electron chi connectivity index (χ3n) is 4.04. The molecule has 0 amide bonds. The summed E-state index contributed by atoms with van der Waals surface area (Å²) in [5.74, 6) is 2.31. The zero-order valence-corrected chi connectivity index (χ0v) is 11.5. The Balaban J connectivity index is 0.00000120. The van der Waals surface area contributed by atoms with Crippen molar-refractivity contribution in [3.05, 3.63) is 11.7 Å². The first-order valence-corrected chi connectivity index (χ1v) is 7.00. The molecule has 0 spiro atoms. The maximum absolute atomic E-state index is 5.43. The first kappa shape index (κ1) is 13.8.